The molecule has 0 amide bonds. The molecule has 1 atom stereocenters. The minimum absolute atomic E-state index is 0.0656. The molecular formula is C12H19N3. The van der Waals surface area contributed by atoms with Gasteiger partial charge in [-0.3, -0.25) is 0 Å². The summed E-state index contributed by atoms with van der Waals surface area (Å²) in [5, 5.41) is 3.57. The Morgan fingerprint density at radius 2 is 2.13 bits per heavy atom. The van der Waals surface area contributed by atoms with E-state index in [1.165, 1.54) is 5.69 Å². The zero-order valence-electron chi connectivity index (χ0n) is 9.24. The van der Waals surface area contributed by atoms with Crippen LogP contribution in [0.5, 0.6) is 0 Å². The summed E-state index contributed by atoms with van der Waals surface area (Å²) in [7, 11) is 2.14. The quantitative estimate of drug-likeness (QED) is 0.777. The van der Waals surface area contributed by atoms with Gasteiger partial charge in [0.25, 0.3) is 0 Å². The van der Waals surface area contributed by atoms with Crippen molar-refractivity contribution in [3.63, 3.8) is 0 Å². The smallest absolute Gasteiger partial charge is 0.0634 e. The van der Waals surface area contributed by atoms with Crippen molar-refractivity contribution >= 4 is 5.69 Å². The monoisotopic (exact) mass is 205 g/mol. The highest BCUT2D eigenvalue weighted by Crippen LogP contribution is 2.24. The Balaban J connectivity index is 2.09. The van der Waals surface area contributed by atoms with E-state index in [1.807, 2.05) is 18.2 Å². The summed E-state index contributed by atoms with van der Waals surface area (Å²) in [5.41, 5.74) is 7.12. The lowest BCUT2D eigenvalue weighted by molar-refractivity contribution is 0.385. The second kappa shape index (κ2) is 4.21. The van der Waals surface area contributed by atoms with E-state index in [4.69, 9.17) is 5.73 Å². The third-order valence-corrected chi connectivity index (χ3v) is 3.12. The van der Waals surface area contributed by atoms with Gasteiger partial charge in [0.2, 0.25) is 0 Å². The van der Waals surface area contributed by atoms with Crippen molar-refractivity contribution in [2.45, 2.75) is 12.0 Å². The summed E-state index contributed by atoms with van der Waals surface area (Å²) >= 11 is 0. The average Bonchev–Trinajstić information content (AvgIpc) is 2.62. The lowest BCUT2D eigenvalue weighted by atomic mass is 9.98. The molecule has 1 aliphatic heterocycles. The van der Waals surface area contributed by atoms with E-state index in [1.54, 1.807) is 0 Å². The molecule has 3 heteroatoms. The molecule has 0 aliphatic carbocycles. The molecule has 0 radical (unpaired) electrons. The van der Waals surface area contributed by atoms with Gasteiger partial charge in [-0.2, -0.15) is 0 Å². The summed E-state index contributed by atoms with van der Waals surface area (Å²) in [6.45, 7) is 2.83. The molecule has 0 aromatic heterocycles. The van der Waals surface area contributed by atoms with Crippen LogP contribution in [0.3, 0.4) is 0 Å². The Bertz CT molecular complexity index is 312. The van der Waals surface area contributed by atoms with Crippen LogP contribution in [0.2, 0.25) is 0 Å². The highest BCUT2D eigenvalue weighted by atomic mass is 15.2. The van der Waals surface area contributed by atoms with Gasteiger partial charge in [0, 0.05) is 25.3 Å². The number of benzene rings is 1. The number of likely N-dealkylation sites (N-methyl/N-ethyl adjacent to an activating group) is 1. The molecule has 1 fully saturated rings. The summed E-state index contributed by atoms with van der Waals surface area (Å²) < 4.78 is 0. The molecule has 1 aromatic rings. The van der Waals surface area contributed by atoms with Crippen LogP contribution < -0.4 is 11.1 Å². The lowest BCUT2D eigenvalue weighted by Gasteiger charge is -2.30. The first-order valence-corrected chi connectivity index (χ1v) is 5.46. The van der Waals surface area contributed by atoms with Gasteiger partial charge in [-0.25, -0.2) is 0 Å². The molecule has 1 saturated heterocycles. The maximum absolute atomic E-state index is 5.89. The molecule has 0 bridgehead atoms. The van der Waals surface area contributed by atoms with Crippen LogP contribution in [0.1, 0.15) is 6.42 Å². The van der Waals surface area contributed by atoms with E-state index in [0.717, 1.165) is 19.5 Å². The van der Waals surface area contributed by atoms with Crippen LogP contribution in [-0.4, -0.2) is 37.1 Å². The van der Waals surface area contributed by atoms with Crippen molar-refractivity contribution in [3.8, 4) is 0 Å². The van der Waals surface area contributed by atoms with Crippen molar-refractivity contribution in [2.24, 2.45) is 5.73 Å². The predicted molar refractivity (Wildman–Crippen MR) is 64.0 cm³/mol. The fourth-order valence-corrected chi connectivity index (χ4v) is 2.23. The van der Waals surface area contributed by atoms with Crippen molar-refractivity contribution in [1.82, 2.24) is 4.90 Å². The zero-order chi connectivity index (χ0) is 10.7. The highest BCUT2D eigenvalue weighted by molar-refractivity contribution is 5.46. The molecule has 3 N–H and O–H groups in total. The topological polar surface area (TPSA) is 41.3 Å². The van der Waals surface area contributed by atoms with Crippen molar-refractivity contribution in [2.75, 3.05) is 32.0 Å². The fourth-order valence-electron chi connectivity index (χ4n) is 2.23. The molecule has 82 valence electrons. The number of hydrogen-bond acceptors (Lipinski definition) is 3. The second-order valence-electron chi connectivity index (χ2n) is 4.46. The van der Waals surface area contributed by atoms with Gasteiger partial charge in [-0.15, -0.1) is 0 Å². The number of para-hydroxylation sites is 1. The molecule has 0 saturated carbocycles. The van der Waals surface area contributed by atoms with E-state index in [0.29, 0.717) is 6.54 Å². The summed E-state index contributed by atoms with van der Waals surface area (Å²) in [4.78, 5) is 2.32. The first-order chi connectivity index (χ1) is 7.24. The van der Waals surface area contributed by atoms with Crippen molar-refractivity contribution in [3.05, 3.63) is 30.3 Å². The molecule has 1 aliphatic rings. The standard InChI is InChI=1S/C12H19N3/c1-15-8-7-12(9-13,10-15)14-11-5-3-2-4-6-11/h2-6,14H,7-10,13H2,1H3. The minimum Gasteiger partial charge on any atom is -0.377 e. The number of hydrogen-bond donors (Lipinski definition) is 2. The van der Waals surface area contributed by atoms with Gasteiger partial charge >= 0.3 is 0 Å². The maximum Gasteiger partial charge on any atom is 0.0634 e. The average molecular weight is 205 g/mol. The van der Waals surface area contributed by atoms with Crippen LogP contribution in [0, 0.1) is 0 Å². The number of nitrogens with one attached hydrogen (secondary N) is 1. The minimum atomic E-state index is 0.0656. The lowest BCUT2D eigenvalue weighted by Crippen LogP contribution is -2.47. The molecule has 15 heavy (non-hydrogen) atoms. The van der Waals surface area contributed by atoms with Crippen LogP contribution in [0.25, 0.3) is 0 Å². The molecular weight excluding hydrogens is 186 g/mol. The number of nitrogens with two attached hydrogens (primary N) is 1. The van der Waals surface area contributed by atoms with Gasteiger partial charge in [-0.05, 0) is 25.6 Å². The fraction of sp³-hybridized carbons (Fsp3) is 0.500. The number of anilines is 1. The van der Waals surface area contributed by atoms with E-state index < -0.39 is 0 Å². The summed E-state index contributed by atoms with van der Waals surface area (Å²) in [5.74, 6) is 0. The Labute approximate surface area is 91.3 Å². The molecule has 1 heterocycles. The van der Waals surface area contributed by atoms with E-state index >= 15 is 0 Å². The van der Waals surface area contributed by atoms with Crippen LogP contribution in [0.15, 0.2) is 30.3 Å². The zero-order valence-corrected chi connectivity index (χ0v) is 9.24. The first kappa shape index (κ1) is 10.5. The van der Waals surface area contributed by atoms with E-state index in [2.05, 4.69) is 29.4 Å². The third-order valence-electron chi connectivity index (χ3n) is 3.12. The Morgan fingerprint density at radius 1 is 1.40 bits per heavy atom. The van der Waals surface area contributed by atoms with Gasteiger partial charge < -0.3 is 16.0 Å². The molecule has 3 nitrogen and oxygen atoms in total. The Kier molecular flexibility index (Phi) is 2.93. The van der Waals surface area contributed by atoms with Gasteiger partial charge in [0.15, 0.2) is 0 Å². The number of rotatable bonds is 3. The van der Waals surface area contributed by atoms with Crippen molar-refractivity contribution in [1.29, 1.82) is 0 Å². The summed E-state index contributed by atoms with van der Waals surface area (Å²) in [6, 6.07) is 10.3. The molecule has 1 unspecified atom stereocenters. The number of nitrogens with zero attached hydrogens (tertiary/aromatic N) is 1. The normalized spacial score (nSPS) is 26.8. The third kappa shape index (κ3) is 2.30. The van der Waals surface area contributed by atoms with Crippen molar-refractivity contribution < 1.29 is 0 Å². The maximum atomic E-state index is 5.89. The van der Waals surface area contributed by atoms with Gasteiger partial charge in [0.05, 0.1) is 5.54 Å². The SMILES string of the molecule is CN1CCC(CN)(Nc2ccccc2)C1. The predicted octanol–water partition coefficient (Wildman–Crippen LogP) is 1.13. The molecule has 1 aromatic carbocycles. The molecule has 2 rings (SSSR count). The summed E-state index contributed by atoms with van der Waals surface area (Å²) in [6.07, 6.45) is 1.12. The molecule has 0 spiro atoms. The Hall–Kier alpha value is -1.06. The first-order valence-electron chi connectivity index (χ1n) is 5.46. The van der Waals surface area contributed by atoms with Gasteiger partial charge in [-0.1, -0.05) is 18.2 Å². The Morgan fingerprint density at radius 3 is 2.67 bits per heavy atom. The number of likely N-dealkylation sites (tertiary alicyclic amines) is 1. The van der Waals surface area contributed by atoms with Gasteiger partial charge in [0.1, 0.15) is 0 Å². The highest BCUT2D eigenvalue weighted by Gasteiger charge is 2.35. The van der Waals surface area contributed by atoms with E-state index in [-0.39, 0.29) is 5.54 Å². The van der Waals surface area contributed by atoms with E-state index in [9.17, 15) is 0 Å². The van der Waals surface area contributed by atoms with Crippen LogP contribution >= 0.6 is 0 Å². The van der Waals surface area contributed by atoms with Crippen LogP contribution in [0.4, 0.5) is 5.69 Å². The second-order valence-corrected chi connectivity index (χ2v) is 4.46. The largest absolute Gasteiger partial charge is 0.377 e. The van der Waals surface area contributed by atoms with Crippen LogP contribution in [-0.2, 0) is 0 Å².